The monoisotopic (exact) mass is 489 g/mol. The second-order valence-corrected chi connectivity index (χ2v) is 8.52. The molecule has 0 spiro atoms. The average molecular weight is 489 g/mol. The number of carboxylic acids is 1. The number of thioether (sulfide) groups is 1. The van der Waals surface area contributed by atoms with E-state index in [2.05, 4.69) is 10.6 Å². The maximum Gasteiger partial charge on any atom is 1.00 e. The van der Waals surface area contributed by atoms with Gasteiger partial charge in [-0.25, -0.2) is 0 Å². The molecular weight excluding hydrogens is 469 g/mol. The molecule has 1 fully saturated rings. The Hall–Kier alpha value is -2.79. The van der Waals surface area contributed by atoms with E-state index in [4.69, 9.17) is 4.74 Å². The van der Waals surface area contributed by atoms with Crippen molar-refractivity contribution in [2.45, 2.75) is 18.3 Å². The fourth-order valence-electron chi connectivity index (χ4n) is 3.66. The van der Waals surface area contributed by atoms with Crippen molar-refractivity contribution in [1.82, 2.24) is 10.2 Å². The maximum atomic E-state index is 13.0. The molecule has 2 N–H and O–H groups in total. The first kappa shape index (κ1) is 25.8. The summed E-state index contributed by atoms with van der Waals surface area (Å²) in [6.07, 6.45) is 0. The number of fused-ring (bicyclic) bond motifs is 1. The number of hydrogen-bond donors (Lipinski definition) is 2. The van der Waals surface area contributed by atoms with Crippen molar-refractivity contribution in [3.05, 3.63) is 71.4 Å². The summed E-state index contributed by atoms with van der Waals surface area (Å²) in [7, 11) is 0. The number of rotatable bonds is 7. The Morgan fingerprint density at radius 1 is 1.12 bits per heavy atom. The number of hydrogen-bond acceptors (Lipinski definition) is 8. The molecule has 0 aromatic heterocycles. The standard InChI is InChI=1S/C23H21N3O6S.Na/c1-13(27)32-11-14-12-33-22-18(21(29)26(22)19(14)23(30)31)25-20(28)16-9-5-6-10-17(16)24-15-7-3-2-4-8-15;/h2-10,18,22,24H,11-12H2,1H3,(H,25,28)(H,30,31);/q;+1/p-1/t18-,22?;/m1./s1. The first-order valence-corrected chi connectivity index (χ1v) is 11.1. The van der Waals surface area contributed by atoms with Crippen molar-refractivity contribution in [2.75, 3.05) is 17.7 Å². The van der Waals surface area contributed by atoms with Crippen molar-refractivity contribution in [3.63, 3.8) is 0 Å². The summed E-state index contributed by atoms with van der Waals surface area (Å²) in [6, 6.07) is 15.3. The number of nitrogens with one attached hydrogen (secondary N) is 2. The van der Waals surface area contributed by atoms with Gasteiger partial charge < -0.3 is 25.3 Å². The molecule has 1 saturated heterocycles. The molecule has 0 aliphatic carbocycles. The third-order valence-corrected chi connectivity index (χ3v) is 6.54. The van der Waals surface area contributed by atoms with Crippen LogP contribution in [0.15, 0.2) is 65.9 Å². The number of esters is 1. The molecule has 34 heavy (non-hydrogen) atoms. The van der Waals surface area contributed by atoms with Crippen LogP contribution in [0.2, 0.25) is 0 Å². The molecule has 170 valence electrons. The molecule has 11 heteroatoms. The second-order valence-electron chi connectivity index (χ2n) is 7.42. The number of ether oxygens (including phenoxy) is 1. The molecular formula is C23H20N3NaO6S. The number of anilines is 2. The number of carbonyl (C=O) groups is 4. The first-order valence-electron chi connectivity index (χ1n) is 10.1. The number of benzene rings is 2. The van der Waals surface area contributed by atoms with Crippen molar-refractivity contribution < 1.29 is 58.6 Å². The van der Waals surface area contributed by atoms with E-state index in [1.807, 2.05) is 30.3 Å². The topological polar surface area (TPSA) is 128 Å². The SMILES string of the molecule is CC(=O)OCC1=C(C(=O)[O-])N2C(=O)[C@@H](NC(=O)c3ccccc3Nc3ccccc3)C2SC1.[Na+]. The van der Waals surface area contributed by atoms with E-state index < -0.39 is 35.2 Å². The van der Waals surface area contributed by atoms with E-state index in [-0.39, 0.29) is 53.2 Å². The van der Waals surface area contributed by atoms with Crippen LogP contribution < -0.4 is 45.3 Å². The third-order valence-electron chi connectivity index (χ3n) is 5.20. The van der Waals surface area contributed by atoms with Crippen LogP contribution >= 0.6 is 11.8 Å². The van der Waals surface area contributed by atoms with Gasteiger partial charge in [0.2, 0.25) is 0 Å². The Labute approximate surface area is 222 Å². The quantitative estimate of drug-likeness (QED) is 0.260. The predicted octanol–water partition coefficient (Wildman–Crippen LogP) is -1.99. The van der Waals surface area contributed by atoms with Gasteiger partial charge in [0.1, 0.15) is 18.0 Å². The van der Waals surface area contributed by atoms with Gasteiger partial charge in [-0.1, -0.05) is 30.3 Å². The Kier molecular flexibility index (Phi) is 8.42. The Balaban J connectivity index is 0.00000324. The number of aliphatic carboxylic acids is 1. The van der Waals surface area contributed by atoms with E-state index in [0.29, 0.717) is 11.3 Å². The van der Waals surface area contributed by atoms with Crippen LogP contribution in [-0.2, 0) is 19.1 Å². The van der Waals surface area contributed by atoms with Gasteiger partial charge in [-0.05, 0) is 24.3 Å². The van der Waals surface area contributed by atoms with Gasteiger partial charge in [0, 0.05) is 23.9 Å². The molecule has 2 heterocycles. The minimum atomic E-state index is -1.53. The fourth-order valence-corrected chi connectivity index (χ4v) is 4.98. The largest absolute Gasteiger partial charge is 1.00 e. The molecule has 2 aromatic carbocycles. The van der Waals surface area contributed by atoms with E-state index in [1.54, 1.807) is 24.3 Å². The Bertz CT molecular complexity index is 1160. The molecule has 9 nitrogen and oxygen atoms in total. The van der Waals surface area contributed by atoms with Crippen LogP contribution in [0, 0.1) is 0 Å². The summed E-state index contributed by atoms with van der Waals surface area (Å²) in [4.78, 5) is 49.7. The van der Waals surface area contributed by atoms with Crippen LogP contribution in [0.1, 0.15) is 17.3 Å². The summed E-state index contributed by atoms with van der Waals surface area (Å²) in [5.41, 5.74) is 1.69. The summed E-state index contributed by atoms with van der Waals surface area (Å²) in [5, 5.41) is 17.0. The summed E-state index contributed by atoms with van der Waals surface area (Å²) in [5.74, 6) is -2.89. The Morgan fingerprint density at radius 2 is 1.79 bits per heavy atom. The van der Waals surface area contributed by atoms with Gasteiger partial charge in [0.25, 0.3) is 11.8 Å². The van der Waals surface area contributed by atoms with E-state index in [1.165, 1.54) is 18.7 Å². The molecule has 4 rings (SSSR count). The van der Waals surface area contributed by atoms with Gasteiger partial charge in [-0.2, -0.15) is 0 Å². The molecule has 0 saturated carbocycles. The van der Waals surface area contributed by atoms with Gasteiger partial charge in [-0.15, -0.1) is 11.8 Å². The molecule has 0 bridgehead atoms. The number of para-hydroxylation sites is 2. The normalized spacial score (nSPS) is 18.7. The van der Waals surface area contributed by atoms with Gasteiger partial charge >= 0.3 is 35.5 Å². The maximum absolute atomic E-state index is 13.0. The Morgan fingerprint density at radius 3 is 2.47 bits per heavy atom. The molecule has 0 radical (unpaired) electrons. The molecule has 2 aliphatic heterocycles. The molecule has 2 aromatic rings. The minimum Gasteiger partial charge on any atom is -0.543 e. The van der Waals surface area contributed by atoms with Gasteiger partial charge in [0.15, 0.2) is 0 Å². The average Bonchev–Trinajstić information content (AvgIpc) is 2.81. The molecule has 2 aliphatic rings. The van der Waals surface area contributed by atoms with Gasteiger partial charge in [0.05, 0.1) is 22.9 Å². The number of nitrogens with zero attached hydrogens (tertiary/aromatic N) is 1. The number of amides is 2. The summed E-state index contributed by atoms with van der Waals surface area (Å²) < 4.78 is 4.90. The van der Waals surface area contributed by atoms with Crippen LogP contribution in [-0.4, -0.2) is 52.4 Å². The molecule has 2 amide bonds. The van der Waals surface area contributed by atoms with Crippen molar-refractivity contribution in [3.8, 4) is 0 Å². The number of carboxylic acid groups (broad SMARTS) is 1. The van der Waals surface area contributed by atoms with E-state index in [0.717, 1.165) is 10.6 Å². The van der Waals surface area contributed by atoms with Crippen LogP contribution in [0.5, 0.6) is 0 Å². The van der Waals surface area contributed by atoms with Crippen LogP contribution in [0.4, 0.5) is 11.4 Å². The minimum absolute atomic E-state index is 0. The zero-order valence-corrected chi connectivity index (χ0v) is 21.4. The van der Waals surface area contributed by atoms with Crippen molar-refractivity contribution >= 4 is 46.9 Å². The first-order chi connectivity index (χ1) is 15.9. The fraction of sp³-hybridized carbons (Fsp3) is 0.217. The zero-order chi connectivity index (χ0) is 23.5. The van der Waals surface area contributed by atoms with Crippen molar-refractivity contribution in [2.24, 2.45) is 0 Å². The third kappa shape index (κ3) is 5.30. The van der Waals surface area contributed by atoms with E-state index >= 15 is 0 Å². The van der Waals surface area contributed by atoms with Crippen LogP contribution in [0.3, 0.4) is 0 Å². The summed E-state index contributed by atoms with van der Waals surface area (Å²) in [6.45, 7) is 0.973. The predicted molar refractivity (Wildman–Crippen MR) is 119 cm³/mol. The van der Waals surface area contributed by atoms with Gasteiger partial charge in [-0.3, -0.25) is 19.3 Å². The molecule has 1 unspecified atom stereocenters. The van der Waals surface area contributed by atoms with Crippen molar-refractivity contribution in [1.29, 1.82) is 0 Å². The smallest absolute Gasteiger partial charge is 0.543 e. The number of carbonyl (C=O) groups excluding carboxylic acids is 4. The summed E-state index contributed by atoms with van der Waals surface area (Å²) >= 11 is 1.28. The zero-order valence-electron chi connectivity index (χ0n) is 18.6. The number of β-lactam (4-membered cyclic amide) rings is 1. The van der Waals surface area contributed by atoms with E-state index in [9.17, 15) is 24.3 Å². The molecule has 2 atom stereocenters. The van der Waals surface area contributed by atoms with Crippen LogP contribution in [0.25, 0.3) is 0 Å². The second kappa shape index (κ2) is 11.1.